The molecule has 0 unspecified atom stereocenters. The molecule has 0 spiro atoms. The summed E-state index contributed by atoms with van der Waals surface area (Å²) < 4.78 is 4.61. The zero-order valence-corrected chi connectivity index (χ0v) is 8.30. The Hall–Kier alpha value is -1.62. The standard InChI is InChI=1S/C9H8N2O2S/c1-13-9(12)8-3-2-7(14-8)6-4-10-5-11-6/h2-5H,1H3,(H,10,11). The van der Waals surface area contributed by atoms with Crippen LogP contribution < -0.4 is 0 Å². The number of carbonyl (C=O) groups is 1. The molecule has 0 saturated carbocycles. The van der Waals surface area contributed by atoms with E-state index in [0.717, 1.165) is 10.6 Å². The molecule has 0 fully saturated rings. The van der Waals surface area contributed by atoms with E-state index in [9.17, 15) is 4.79 Å². The lowest BCUT2D eigenvalue weighted by Gasteiger charge is -1.92. The van der Waals surface area contributed by atoms with E-state index < -0.39 is 0 Å². The monoisotopic (exact) mass is 208 g/mol. The third-order valence-electron chi connectivity index (χ3n) is 1.76. The van der Waals surface area contributed by atoms with Crippen LogP contribution in [0.2, 0.25) is 0 Å². The van der Waals surface area contributed by atoms with Crippen molar-refractivity contribution in [3.05, 3.63) is 29.5 Å². The number of thiophene rings is 1. The van der Waals surface area contributed by atoms with Crippen LogP contribution in [-0.4, -0.2) is 23.0 Å². The minimum Gasteiger partial charge on any atom is -0.465 e. The van der Waals surface area contributed by atoms with Crippen LogP contribution in [0.25, 0.3) is 10.6 Å². The number of nitrogens with zero attached hydrogens (tertiary/aromatic N) is 1. The normalized spacial score (nSPS) is 10.1. The molecule has 0 aliphatic heterocycles. The zero-order chi connectivity index (χ0) is 9.97. The van der Waals surface area contributed by atoms with Crippen molar-refractivity contribution >= 4 is 17.3 Å². The number of rotatable bonds is 2. The fraction of sp³-hybridized carbons (Fsp3) is 0.111. The Labute approximate surface area is 84.6 Å². The second-order valence-electron chi connectivity index (χ2n) is 2.62. The maximum absolute atomic E-state index is 11.2. The molecule has 72 valence electrons. The third kappa shape index (κ3) is 1.54. The van der Waals surface area contributed by atoms with Crippen LogP contribution in [0.1, 0.15) is 9.67 Å². The first-order chi connectivity index (χ1) is 6.81. The lowest BCUT2D eigenvalue weighted by Crippen LogP contribution is -1.96. The van der Waals surface area contributed by atoms with Gasteiger partial charge in [0.25, 0.3) is 0 Å². The Morgan fingerprint density at radius 3 is 3.07 bits per heavy atom. The molecular formula is C9H8N2O2S. The van der Waals surface area contributed by atoms with Gasteiger partial charge >= 0.3 is 5.97 Å². The topological polar surface area (TPSA) is 55.0 Å². The van der Waals surface area contributed by atoms with Gasteiger partial charge in [0, 0.05) is 0 Å². The fourth-order valence-corrected chi connectivity index (χ4v) is 1.98. The van der Waals surface area contributed by atoms with Gasteiger partial charge in [-0.2, -0.15) is 0 Å². The predicted octanol–water partition coefficient (Wildman–Crippen LogP) is 1.92. The van der Waals surface area contributed by atoms with E-state index in [1.165, 1.54) is 18.4 Å². The van der Waals surface area contributed by atoms with Crippen LogP contribution in [0, 0.1) is 0 Å². The maximum atomic E-state index is 11.2. The highest BCUT2D eigenvalue weighted by atomic mass is 32.1. The highest BCUT2D eigenvalue weighted by Gasteiger charge is 2.10. The second-order valence-corrected chi connectivity index (χ2v) is 3.70. The summed E-state index contributed by atoms with van der Waals surface area (Å²) in [5, 5.41) is 0. The van der Waals surface area contributed by atoms with Gasteiger partial charge in [0.15, 0.2) is 0 Å². The molecule has 0 atom stereocenters. The van der Waals surface area contributed by atoms with Crippen LogP contribution >= 0.6 is 11.3 Å². The van der Waals surface area contributed by atoms with E-state index in [1.807, 2.05) is 6.07 Å². The Balaban J connectivity index is 2.31. The molecule has 14 heavy (non-hydrogen) atoms. The number of hydrogen-bond acceptors (Lipinski definition) is 4. The maximum Gasteiger partial charge on any atom is 0.348 e. The van der Waals surface area contributed by atoms with Gasteiger partial charge in [0.2, 0.25) is 0 Å². The Bertz CT molecular complexity index is 433. The molecule has 1 N–H and O–H groups in total. The zero-order valence-electron chi connectivity index (χ0n) is 7.48. The van der Waals surface area contributed by atoms with Crippen LogP contribution in [0.3, 0.4) is 0 Å². The molecular weight excluding hydrogens is 200 g/mol. The summed E-state index contributed by atoms with van der Waals surface area (Å²) in [6, 6.07) is 3.61. The van der Waals surface area contributed by atoms with Gasteiger partial charge in [-0.05, 0) is 12.1 Å². The van der Waals surface area contributed by atoms with E-state index in [0.29, 0.717) is 4.88 Å². The molecule has 0 aliphatic carbocycles. The molecule has 0 bridgehead atoms. The molecule has 0 saturated heterocycles. The van der Waals surface area contributed by atoms with Gasteiger partial charge in [-0.3, -0.25) is 0 Å². The van der Waals surface area contributed by atoms with E-state index in [1.54, 1.807) is 18.6 Å². The van der Waals surface area contributed by atoms with Crippen LogP contribution in [0.4, 0.5) is 0 Å². The molecule has 2 aromatic heterocycles. The van der Waals surface area contributed by atoms with Gasteiger partial charge in [-0.15, -0.1) is 11.3 Å². The molecule has 2 aromatic rings. The van der Waals surface area contributed by atoms with Gasteiger partial charge in [-0.1, -0.05) is 0 Å². The van der Waals surface area contributed by atoms with Gasteiger partial charge in [0.05, 0.1) is 30.2 Å². The van der Waals surface area contributed by atoms with E-state index in [4.69, 9.17) is 0 Å². The van der Waals surface area contributed by atoms with Crippen molar-refractivity contribution in [3.8, 4) is 10.6 Å². The fourth-order valence-electron chi connectivity index (χ4n) is 1.08. The van der Waals surface area contributed by atoms with Crippen LogP contribution in [0.5, 0.6) is 0 Å². The Morgan fingerprint density at radius 2 is 2.43 bits per heavy atom. The molecule has 0 aliphatic rings. The number of nitrogens with one attached hydrogen (secondary N) is 1. The average molecular weight is 208 g/mol. The van der Waals surface area contributed by atoms with Crippen LogP contribution in [0.15, 0.2) is 24.7 Å². The number of ether oxygens (including phenoxy) is 1. The quantitative estimate of drug-likeness (QED) is 0.767. The largest absolute Gasteiger partial charge is 0.465 e. The molecule has 0 radical (unpaired) electrons. The molecule has 2 rings (SSSR count). The van der Waals surface area contributed by atoms with E-state index >= 15 is 0 Å². The number of H-pyrrole nitrogens is 1. The van der Waals surface area contributed by atoms with Crippen LogP contribution in [-0.2, 0) is 4.74 Å². The molecule has 2 heterocycles. The van der Waals surface area contributed by atoms with E-state index in [2.05, 4.69) is 14.7 Å². The van der Waals surface area contributed by atoms with Crippen molar-refractivity contribution < 1.29 is 9.53 Å². The van der Waals surface area contributed by atoms with Crippen molar-refractivity contribution in [2.45, 2.75) is 0 Å². The average Bonchev–Trinajstić information content (AvgIpc) is 2.86. The number of aromatic amines is 1. The summed E-state index contributed by atoms with van der Waals surface area (Å²) in [6.45, 7) is 0. The Morgan fingerprint density at radius 1 is 1.57 bits per heavy atom. The summed E-state index contributed by atoms with van der Waals surface area (Å²) in [7, 11) is 1.37. The first-order valence-electron chi connectivity index (χ1n) is 3.98. The summed E-state index contributed by atoms with van der Waals surface area (Å²) in [5.74, 6) is -0.305. The third-order valence-corrected chi connectivity index (χ3v) is 2.85. The minimum absolute atomic E-state index is 0.305. The van der Waals surface area contributed by atoms with Crippen molar-refractivity contribution in [2.24, 2.45) is 0 Å². The predicted molar refractivity (Wildman–Crippen MR) is 53.2 cm³/mol. The van der Waals surface area contributed by atoms with Gasteiger partial charge in [-0.25, -0.2) is 9.78 Å². The highest BCUT2D eigenvalue weighted by molar-refractivity contribution is 7.17. The highest BCUT2D eigenvalue weighted by Crippen LogP contribution is 2.26. The lowest BCUT2D eigenvalue weighted by molar-refractivity contribution is 0.0606. The number of hydrogen-bond donors (Lipinski definition) is 1. The number of methoxy groups -OCH3 is 1. The van der Waals surface area contributed by atoms with Gasteiger partial charge in [0.1, 0.15) is 4.88 Å². The van der Waals surface area contributed by atoms with E-state index in [-0.39, 0.29) is 5.97 Å². The summed E-state index contributed by atoms with van der Waals surface area (Å²) in [6.07, 6.45) is 3.32. The molecule has 5 heteroatoms. The van der Waals surface area contributed by atoms with Crippen molar-refractivity contribution in [3.63, 3.8) is 0 Å². The first kappa shape index (κ1) is 8.96. The minimum atomic E-state index is -0.305. The Kier molecular flexibility index (Phi) is 2.32. The molecule has 0 amide bonds. The number of esters is 1. The van der Waals surface area contributed by atoms with Crippen molar-refractivity contribution in [1.29, 1.82) is 0 Å². The number of imidazole rings is 1. The number of carbonyl (C=O) groups excluding carboxylic acids is 1. The summed E-state index contributed by atoms with van der Waals surface area (Å²) in [5.41, 5.74) is 0.908. The van der Waals surface area contributed by atoms with Crippen molar-refractivity contribution in [2.75, 3.05) is 7.11 Å². The summed E-state index contributed by atoms with van der Waals surface area (Å²) in [4.78, 5) is 19.6. The molecule has 0 aromatic carbocycles. The summed E-state index contributed by atoms with van der Waals surface area (Å²) >= 11 is 1.38. The number of aromatic nitrogens is 2. The SMILES string of the molecule is COC(=O)c1ccc(-c2cnc[nH]2)s1. The smallest absolute Gasteiger partial charge is 0.348 e. The van der Waals surface area contributed by atoms with Gasteiger partial charge < -0.3 is 9.72 Å². The lowest BCUT2D eigenvalue weighted by atomic mass is 10.3. The first-order valence-corrected chi connectivity index (χ1v) is 4.80. The second kappa shape index (κ2) is 3.63. The van der Waals surface area contributed by atoms with Crippen molar-refractivity contribution in [1.82, 2.24) is 9.97 Å². The molecule has 4 nitrogen and oxygen atoms in total.